The summed E-state index contributed by atoms with van der Waals surface area (Å²) < 4.78 is 32.0. The minimum Gasteiger partial charge on any atom is -0.499 e. The van der Waals surface area contributed by atoms with Gasteiger partial charge in [0, 0.05) is 29.8 Å². The van der Waals surface area contributed by atoms with Crippen LogP contribution < -0.4 is 52.6 Å². The van der Waals surface area contributed by atoms with Crippen molar-refractivity contribution in [3.63, 3.8) is 0 Å². The maximum absolute atomic E-state index is 13.1. The minimum absolute atomic E-state index is 0. The molecule has 0 saturated heterocycles. The second-order valence-corrected chi connectivity index (χ2v) is 6.28. The summed E-state index contributed by atoms with van der Waals surface area (Å²) in [5.41, 5.74) is 0.0653. The molecule has 2 aromatic rings. The normalized spacial score (nSPS) is 10.2. The first kappa shape index (κ1) is 24.0. The number of hydrogen-bond donors (Lipinski definition) is 0. The van der Waals surface area contributed by atoms with Crippen LogP contribution in [0.1, 0.15) is 10.4 Å². The van der Waals surface area contributed by atoms with Gasteiger partial charge in [0.2, 0.25) is 0 Å². The molecule has 0 saturated carbocycles. The molecule has 0 heterocycles. The average molecular weight is 400 g/mol. The molecular weight excluding hydrogens is 378 g/mol. The maximum atomic E-state index is 13.1. The zero-order valence-corrected chi connectivity index (χ0v) is 18.0. The topological polar surface area (TPSA) is 72.5 Å². The van der Waals surface area contributed by atoms with Gasteiger partial charge in [0.25, 0.3) is 0 Å². The third-order valence-electron chi connectivity index (χ3n) is 3.83. The Morgan fingerprint density at radius 3 is 1.32 bits per heavy atom. The first-order valence-electron chi connectivity index (χ1n) is 7.88. The van der Waals surface area contributed by atoms with Crippen LogP contribution in [0.4, 0.5) is 0 Å². The van der Waals surface area contributed by atoms with Crippen molar-refractivity contribution in [3.05, 3.63) is 29.8 Å². The van der Waals surface area contributed by atoms with E-state index in [0.717, 1.165) is 0 Å². The fourth-order valence-electron chi connectivity index (χ4n) is 2.47. The Morgan fingerprint density at radius 1 is 0.643 bits per heavy atom. The van der Waals surface area contributed by atoms with E-state index < -0.39 is 0 Å². The summed E-state index contributed by atoms with van der Waals surface area (Å²) in [4.78, 5) is 13.1. The summed E-state index contributed by atoms with van der Waals surface area (Å²) in [5.74, 6) is 2.76. The van der Waals surface area contributed by atoms with E-state index in [0.29, 0.717) is 53.9 Å². The summed E-state index contributed by atoms with van der Waals surface area (Å²) in [7, 11) is 9.41. The zero-order valence-electron chi connectivity index (χ0n) is 17.1. The second kappa shape index (κ2) is 11.1. The quantitative estimate of drug-likeness (QED) is 0.439. The molecule has 0 N–H and O–H groups in total. The molecule has 0 aromatic heterocycles. The smallest absolute Gasteiger partial charge is 0.499 e. The largest absolute Gasteiger partial charge is 1.00 e. The van der Waals surface area contributed by atoms with E-state index in [-0.39, 0.29) is 24.4 Å². The molecule has 2 aromatic carbocycles. The Labute approximate surface area is 178 Å². The van der Waals surface area contributed by atoms with Crippen LogP contribution in [-0.2, 0) is 0 Å². The van der Waals surface area contributed by atoms with E-state index in [1.54, 1.807) is 31.4 Å². The Hall–Kier alpha value is -2.06. The van der Waals surface area contributed by atoms with E-state index in [9.17, 15) is 4.79 Å². The minimum atomic E-state index is -0.242. The van der Waals surface area contributed by atoms with Crippen molar-refractivity contribution < 1.29 is 52.1 Å². The van der Waals surface area contributed by atoms with Crippen LogP contribution in [-0.4, -0.2) is 48.2 Å². The van der Waals surface area contributed by atoms with Gasteiger partial charge in [-0.1, -0.05) is 0 Å². The van der Waals surface area contributed by atoms with Crippen LogP contribution >= 0.6 is 8.58 Å². The molecule has 0 fully saturated rings. The molecule has 0 amide bonds. The van der Waals surface area contributed by atoms with E-state index in [2.05, 4.69) is 0 Å². The van der Waals surface area contributed by atoms with Crippen molar-refractivity contribution in [2.45, 2.75) is 0 Å². The van der Waals surface area contributed by atoms with Crippen LogP contribution in [0.15, 0.2) is 24.3 Å². The second-order valence-electron chi connectivity index (χ2n) is 5.20. The van der Waals surface area contributed by atoms with E-state index in [4.69, 9.17) is 28.4 Å². The number of carbonyl (C=O) groups is 1. The van der Waals surface area contributed by atoms with Crippen molar-refractivity contribution in [2.24, 2.45) is 0 Å². The SMILES string of the molecule is COc1cc(OC)c([P-]C(=O)c2c(OC)cc(OC)cc2OC)c(OC)c1.[Li+]. The fraction of sp³-hybridized carbons (Fsp3) is 0.316. The van der Waals surface area contributed by atoms with Crippen molar-refractivity contribution in [2.75, 3.05) is 42.7 Å². The van der Waals surface area contributed by atoms with Gasteiger partial charge in [0.1, 0.15) is 23.0 Å². The predicted octanol–water partition coefficient (Wildman–Crippen LogP) is 0.154. The summed E-state index contributed by atoms with van der Waals surface area (Å²) in [6, 6.07) is 6.66. The monoisotopic (exact) mass is 400 g/mol. The first-order valence-corrected chi connectivity index (χ1v) is 8.78. The number of hydrogen-bond acceptors (Lipinski definition) is 7. The van der Waals surface area contributed by atoms with Gasteiger partial charge >= 0.3 is 18.9 Å². The molecule has 0 bridgehead atoms. The molecule has 0 spiro atoms. The Morgan fingerprint density at radius 2 is 1.00 bits per heavy atom. The van der Waals surface area contributed by atoms with Gasteiger partial charge in [-0.2, -0.15) is 0 Å². The van der Waals surface area contributed by atoms with Crippen molar-refractivity contribution in [1.82, 2.24) is 0 Å². The van der Waals surface area contributed by atoms with Gasteiger partial charge in [-0.15, -0.1) is 5.30 Å². The van der Waals surface area contributed by atoms with Crippen LogP contribution in [0.25, 0.3) is 0 Å². The molecule has 0 radical (unpaired) electrons. The molecule has 7 nitrogen and oxygen atoms in total. The molecule has 0 atom stereocenters. The van der Waals surface area contributed by atoms with E-state index in [1.165, 1.54) is 35.5 Å². The van der Waals surface area contributed by atoms with Gasteiger partial charge in [-0.25, -0.2) is 0 Å². The standard InChI is InChI=1S/C19H22O7P.Li/c1-21-11-7-13(23-3)17(14(8-11)24-4)19(20)27-18-15(25-5)9-12(22-2)10-16(18)26-6;/h7-10H,1-6H3;/q-1;+1. The summed E-state index contributed by atoms with van der Waals surface area (Å²) in [5, 5.41) is 0.575. The van der Waals surface area contributed by atoms with E-state index in [1.807, 2.05) is 0 Å². The summed E-state index contributed by atoms with van der Waals surface area (Å²) >= 11 is 0. The molecule has 146 valence electrons. The van der Waals surface area contributed by atoms with Crippen LogP contribution in [0.5, 0.6) is 34.5 Å². The zero-order chi connectivity index (χ0) is 20.0. The summed E-state index contributed by atoms with van der Waals surface area (Å²) in [6.45, 7) is 0. The predicted molar refractivity (Wildman–Crippen MR) is 103 cm³/mol. The van der Waals surface area contributed by atoms with Crippen molar-refractivity contribution in [1.29, 1.82) is 0 Å². The molecule has 0 aliphatic heterocycles. The molecule has 0 aliphatic carbocycles. The number of methoxy groups -OCH3 is 6. The summed E-state index contributed by atoms with van der Waals surface area (Å²) in [6.07, 6.45) is 0. The first-order chi connectivity index (χ1) is 13.0. The fourth-order valence-corrected chi connectivity index (χ4v) is 3.54. The molecular formula is C19H22LiO7P. The van der Waals surface area contributed by atoms with Gasteiger partial charge in [-0.3, -0.25) is 0 Å². The maximum Gasteiger partial charge on any atom is 1.00 e. The molecule has 9 heteroatoms. The molecule has 2 rings (SSSR count). The average Bonchev–Trinajstić information content (AvgIpc) is 2.72. The van der Waals surface area contributed by atoms with Gasteiger partial charge < -0.3 is 41.8 Å². The van der Waals surface area contributed by atoms with Crippen LogP contribution in [0.3, 0.4) is 0 Å². The number of carbonyl (C=O) groups excluding carboxylic acids is 1. The van der Waals surface area contributed by atoms with Gasteiger partial charge in [0.05, 0.1) is 59.7 Å². The van der Waals surface area contributed by atoms with E-state index >= 15 is 0 Å². The molecule has 0 aliphatic rings. The third kappa shape index (κ3) is 5.05. The Balaban J connectivity index is 0.00000392. The molecule has 28 heavy (non-hydrogen) atoms. The van der Waals surface area contributed by atoms with Crippen LogP contribution in [0.2, 0.25) is 0 Å². The van der Waals surface area contributed by atoms with Gasteiger partial charge in [-0.05, 0) is 0 Å². The van der Waals surface area contributed by atoms with Crippen LogP contribution in [0, 0.1) is 0 Å². The third-order valence-corrected chi connectivity index (χ3v) is 4.92. The van der Waals surface area contributed by atoms with Crippen molar-refractivity contribution in [3.8, 4) is 34.5 Å². The Kier molecular flexibility index (Phi) is 9.47. The number of benzene rings is 2. The number of ether oxygens (including phenoxy) is 6. The van der Waals surface area contributed by atoms with Crippen molar-refractivity contribution >= 4 is 19.4 Å². The Bertz CT molecular complexity index is 776. The molecule has 0 unspecified atom stereocenters. The number of rotatable bonds is 9. The van der Waals surface area contributed by atoms with Gasteiger partial charge in [0.15, 0.2) is 0 Å².